The Morgan fingerprint density at radius 1 is 0.931 bits per heavy atom. The van der Waals surface area contributed by atoms with Crippen LogP contribution in [0.5, 0.6) is 17.2 Å². The highest BCUT2D eigenvalue weighted by molar-refractivity contribution is 6.19. The molecule has 0 radical (unpaired) electrons. The van der Waals surface area contributed by atoms with Crippen molar-refractivity contribution in [3.63, 3.8) is 0 Å². The van der Waals surface area contributed by atoms with Gasteiger partial charge in [-0.05, 0) is 34.8 Å². The minimum atomic E-state index is -0.256. The Morgan fingerprint density at radius 2 is 1.52 bits per heavy atom. The van der Waals surface area contributed by atoms with Crippen LogP contribution in [0.1, 0.15) is 37.5 Å². The van der Waals surface area contributed by atoms with Gasteiger partial charge in [0, 0.05) is 5.56 Å². The summed E-state index contributed by atoms with van der Waals surface area (Å²) in [6.45, 7) is 6.49. The van der Waals surface area contributed by atoms with Gasteiger partial charge in [-0.2, -0.15) is 0 Å². The van der Waals surface area contributed by atoms with Gasteiger partial charge in [-0.3, -0.25) is 4.79 Å². The first kappa shape index (κ1) is 20.5. The van der Waals surface area contributed by atoms with Crippen LogP contribution in [-0.2, 0) is 10.2 Å². The van der Waals surface area contributed by atoms with Crippen molar-refractivity contribution in [2.45, 2.75) is 26.2 Å². The summed E-state index contributed by atoms with van der Waals surface area (Å²) >= 11 is 0. The van der Waals surface area contributed by atoms with Crippen molar-refractivity contribution in [2.24, 2.45) is 4.99 Å². The number of hydrogen-bond donors (Lipinski definition) is 1. The highest BCUT2D eigenvalue weighted by Gasteiger charge is 2.22. The van der Waals surface area contributed by atoms with Gasteiger partial charge >= 0.3 is 0 Å². The molecule has 1 N–H and O–H groups in total. The fourth-order valence-corrected chi connectivity index (χ4v) is 3.08. The standard InChI is InChI=1S/C23H26N2O4/c1-23(2,3)16-9-7-15(8-10-16)21-24-17(22(26)25-21)11-14-12-18(27-4)20(29-6)19(13-14)28-5/h7-13H,1-6H3,(H,24,25,26)/b17-11+. The molecule has 6 nitrogen and oxygen atoms in total. The second-order valence-corrected chi connectivity index (χ2v) is 7.73. The van der Waals surface area contributed by atoms with Crippen LogP contribution < -0.4 is 19.5 Å². The van der Waals surface area contributed by atoms with Crippen molar-refractivity contribution in [1.82, 2.24) is 5.32 Å². The van der Waals surface area contributed by atoms with E-state index in [-0.39, 0.29) is 11.3 Å². The number of carbonyl (C=O) groups is 1. The molecular formula is C23H26N2O4. The Bertz CT molecular complexity index is 958. The Kier molecular flexibility index (Phi) is 5.64. The lowest BCUT2D eigenvalue weighted by Gasteiger charge is -2.19. The smallest absolute Gasteiger partial charge is 0.275 e. The Hall–Kier alpha value is -3.28. The average Bonchev–Trinajstić information content (AvgIpc) is 3.06. The molecule has 0 bridgehead atoms. The summed E-state index contributed by atoms with van der Waals surface area (Å²) in [5, 5.41) is 2.83. The number of nitrogens with one attached hydrogen (secondary N) is 1. The molecule has 0 unspecified atom stereocenters. The molecule has 1 amide bonds. The molecule has 1 aliphatic heterocycles. The van der Waals surface area contributed by atoms with Crippen LogP contribution in [0.3, 0.4) is 0 Å². The number of aliphatic imine (C=N–C) groups is 1. The lowest BCUT2D eigenvalue weighted by Crippen LogP contribution is -2.24. The van der Waals surface area contributed by atoms with E-state index in [1.54, 1.807) is 39.5 Å². The van der Waals surface area contributed by atoms with Crippen LogP contribution >= 0.6 is 0 Å². The Balaban J connectivity index is 1.95. The van der Waals surface area contributed by atoms with Gasteiger partial charge in [0.1, 0.15) is 11.5 Å². The van der Waals surface area contributed by atoms with E-state index in [2.05, 4.69) is 43.2 Å². The summed E-state index contributed by atoms with van der Waals surface area (Å²) in [5.41, 5.74) is 3.18. The molecule has 0 aliphatic carbocycles. The minimum absolute atomic E-state index is 0.0663. The minimum Gasteiger partial charge on any atom is -0.493 e. The van der Waals surface area contributed by atoms with E-state index in [9.17, 15) is 4.79 Å². The molecule has 152 valence electrons. The van der Waals surface area contributed by atoms with Crippen LogP contribution in [0.4, 0.5) is 0 Å². The number of carbonyl (C=O) groups excluding carboxylic acids is 1. The van der Waals surface area contributed by atoms with Gasteiger partial charge in [-0.25, -0.2) is 4.99 Å². The number of rotatable bonds is 5. The molecular weight excluding hydrogens is 368 g/mol. The zero-order chi connectivity index (χ0) is 21.2. The van der Waals surface area contributed by atoms with Crippen LogP contribution in [0.15, 0.2) is 47.1 Å². The molecule has 0 saturated heterocycles. The summed E-state index contributed by atoms with van der Waals surface area (Å²) < 4.78 is 16.1. The number of nitrogens with zero attached hydrogens (tertiary/aromatic N) is 1. The van der Waals surface area contributed by atoms with Crippen LogP contribution in [-0.4, -0.2) is 33.1 Å². The van der Waals surface area contributed by atoms with Crippen molar-refractivity contribution in [3.05, 3.63) is 58.8 Å². The number of ether oxygens (including phenoxy) is 3. The molecule has 0 aromatic heterocycles. The highest BCUT2D eigenvalue weighted by Crippen LogP contribution is 2.38. The first-order chi connectivity index (χ1) is 13.8. The molecule has 1 heterocycles. The van der Waals surface area contributed by atoms with E-state index >= 15 is 0 Å². The van der Waals surface area contributed by atoms with E-state index in [0.29, 0.717) is 28.8 Å². The number of amidine groups is 1. The van der Waals surface area contributed by atoms with Gasteiger partial charge in [-0.1, -0.05) is 45.0 Å². The number of amides is 1. The average molecular weight is 394 g/mol. The molecule has 1 aliphatic rings. The number of benzene rings is 2. The third-order valence-corrected chi connectivity index (χ3v) is 4.71. The normalized spacial score (nSPS) is 15.2. The molecule has 29 heavy (non-hydrogen) atoms. The lowest BCUT2D eigenvalue weighted by atomic mass is 9.86. The highest BCUT2D eigenvalue weighted by atomic mass is 16.5. The molecule has 0 atom stereocenters. The van der Waals surface area contributed by atoms with E-state index in [1.807, 2.05) is 12.1 Å². The van der Waals surface area contributed by atoms with E-state index in [0.717, 1.165) is 11.1 Å². The zero-order valence-corrected chi connectivity index (χ0v) is 17.6. The van der Waals surface area contributed by atoms with Crippen LogP contribution in [0.25, 0.3) is 6.08 Å². The quantitative estimate of drug-likeness (QED) is 0.781. The topological polar surface area (TPSA) is 69.2 Å². The molecule has 0 saturated carbocycles. The van der Waals surface area contributed by atoms with Crippen molar-refractivity contribution in [3.8, 4) is 17.2 Å². The SMILES string of the molecule is COc1cc(/C=C2/N=C(c3ccc(C(C)(C)C)cc3)NC2=O)cc(OC)c1OC. The Morgan fingerprint density at radius 3 is 2.00 bits per heavy atom. The van der Waals surface area contributed by atoms with Gasteiger partial charge < -0.3 is 19.5 Å². The van der Waals surface area contributed by atoms with Crippen LogP contribution in [0, 0.1) is 0 Å². The second-order valence-electron chi connectivity index (χ2n) is 7.73. The van der Waals surface area contributed by atoms with Gasteiger partial charge in [0.15, 0.2) is 11.5 Å². The molecule has 2 aromatic carbocycles. The number of hydrogen-bond acceptors (Lipinski definition) is 5. The molecule has 6 heteroatoms. The monoisotopic (exact) mass is 394 g/mol. The third kappa shape index (κ3) is 4.26. The summed E-state index contributed by atoms with van der Waals surface area (Å²) in [5.74, 6) is 1.80. The lowest BCUT2D eigenvalue weighted by molar-refractivity contribution is -0.115. The van der Waals surface area contributed by atoms with Crippen molar-refractivity contribution < 1.29 is 19.0 Å². The summed E-state index contributed by atoms with van der Waals surface area (Å²) in [4.78, 5) is 16.9. The first-order valence-corrected chi connectivity index (χ1v) is 9.29. The van der Waals surface area contributed by atoms with Gasteiger partial charge in [-0.15, -0.1) is 0 Å². The maximum Gasteiger partial charge on any atom is 0.275 e. The molecule has 3 rings (SSSR count). The fraction of sp³-hybridized carbons (Fsp3) is 0.304. The predicted octanol–water partition coefficient (Wildman–Crippen LogP) is 3.93. The predicted molar refractivity (Wildman–Crippen MR) is 114 cm³/mol. The zero-order valence-electron chi connectivity index (χ0n) is 17.6. The first-order valence-electron chi connectivity index (χ1n) is 9.29. The maximum absolute atomic E-state index is 12.4. The van der Waals surface area contributed by atoms with E-state index in [1.165, 1.54) is 5.56 Å². The van der Waals surface area contributed by atoms with Gasteiger partial charge in [0.2, 0.25) is 5.75 Å². The van der Waals surface area contributed by atoms with E-state index in [4.69, 9.17) is 14.2 Å². The Labute approximate surface area is 171 Å². The van der Waals surface area contributed by atoms with Crippen molar-refractivity contribution >= 4 is 17.8 Å². The summed E-state index contributed by atoms with van der Waals surface area (Å²) in [6.07, 6.45) is 1.69. The summed E-state index contributed by atoms with van der Waals surface area (Å²) in [7, 11) is 4.65. The fourth-order valence-electron chi connectivity index (χ4n) is 3.08. The largest absolute Gasteiger partial charge is 0.493 e. The summed E-state index contributed by atoms with van der Waals surface area (Å²) in [6, 6.07) is 11.6. The molecule has 0 spiro atoms. The van der Waals surface area contributed by atoms with Gasteiger partial charge in [0.05, 0.1) is 21.3 Å². The van der Waals surface area contributed by atoms with Crippen molar-refractivity contribution in [2.75, 3.05) is 21.3 Å². The number of methoxy groups -OCH3 is 3. The maximum atomic E-state index is 12.4. The third-order valence-electron chi connectivity index (χ3n) is 4.71. The molecule has 2 aromatic rings. The molecule has 0 fully saturated rings. The second kappa shape index (κ2) is 7.99. The van der Waals surface area contributed by atoms with E-state index < -0.39 is 0 Å². The van der Waals surface area contributed by atoms with Crippen LogP contribution in [0.2, 0.25) is 0 Å². The van der Waals surface area contributed by atoms with Gasteiger partial charge in [0.25, 0.3) is 5.91 Å². The van der Waals surface area contributed by atoms with Crippen molar-refractivity contribution in [1.29, 1.82) is 0 Å².